The maximum Gasteiger partial charge on any atom is 0.327 e. The van der Waals surface area contributed by atoms with E-state index in [1.54, 1.807) is 23.8 Å². The molecule has 3 fully saturated rings. The van der Waals surface area contributed by atoms with Crippen LogP contribution in [-0.4, -0.2) is 58.4 Å². The highest BCUT2D eigenvalue weighted by molar-refractivity contribution is 8.00. The predicted octanol–water partition coefficient (Wildman–Crippen LogP) is 1.50. The van der Waals surface area contributed by atoms with Crippen LogP contribution in [0.3, 0.4) is 0 Å². The highest BCUT2D eigenvalue weighted by Gasteiger charge is 2.48. The number of nitrogens with one attached hydrogen (secondary N) is 1. The maximum absolute atomic E-state index is 12.5. The Balaban J connectivity index is 1.63. The van der Waals surface area contributed by atoms with E-state index in [2.05, 4.69) is 5.32 Å². The fourth-order valence-electron chi connectivity index (χ4n) is 3.07. The largest absolute Gasteiger partial charge is 0.480 e. The molecule has 6 nitrogen and oxygen atoms in total. The maximum atomic E-state index is 12.5. The molecule has 7 heteroatoms. The van der Waals surface area contributed by atoms with Crippen LogP contribution in [0, 0.1) is 5.92 Å². The Morgan fingerprint density at radius 3 is 2.62 bits per heavy atom. The van der Waals surface area contributed by atoms with Crippen LogP contribution in [0.1, 0.15) is 32.1 Å². The fraction of sp³-hybridized carbons (Fsp3) is 0.857. The fourth-order valence-corrected chi connectivity index (χ4v) is 4.70. The zero-order valence-electron chi connectivity index (χ0n) is 12.2. The number of urea groups is 1. The zero-order chi connectivity index (χ0) is 15.0. The number of nitrogens with zero attached hydrogens (tertiary/aromatic N) is 1. The van der Waals surface area contributed by atoms with Gasteiger partial charge in [0, 0.05) is 19.4 Å². The Labute approximate surface area is 128 Å². The average molecular weight is 314 g/mol. The third-order valence-electron chi connectivity index (χ3n) is 4.84. The van der Waals surface area contributed by atoms with Crippen LogP contribution in [0.15, 0.2) is 0 Å². The third-order valence-corrected chi connectivity index (χ3v) is 6.30. The molecule has 0 bridgehead atoms. The van der Waals surface area contributed by atoms with Gasteiger partial charge in [0.2, 0.25) is 0 Å². The number of aliphatic carboxylic acids is 1. The van der Waals surface area contributed by atoms with Crippen molar-refractivity contribution in [2.75, 3.05) is 19.4 Å². The Hall–Kier alpha value is -0.950. The minimum Gasteiger partial charge on any atom is -0.480 e. The summed E-state index contributed by atoms with van der Waals surface area (Å²) in [6.45, 7) is 0.466. The van der Waals surface area contributed by atoms with Gasteiger partial charge in [0.15, 0.2) is 0 Å². The van der Waals surface area contributed by atoms with E-state index in [4.69, 9.17) is 4.74 Å². The van der Waals surface area contributed by atoms with Gasteiger partial charge in [-0.15, -0.1) is 11.8 Å². The molecule has 118 valence electrons. The molecule has 0 spiro atoms. The normalized spacial score (nSPS) is 30.8. The van der Waals surface area contributed by atoms with Crippen molar-refractivity contribution >= 4 is 23.8 Å². The number of carboxylic acid groups (broad SMARTS) is 1. The first-order chi connectivity index (χ1) is 10.1. The first-order valence-electron chi connectivity index (χ1n) is 7.52. The lowest BCUT2D eigenvalue weighted by atomic mass is 9.80. The Morgan fingerprint density at radius 2 is 2.14 bits per heavy atom. The molecule has 0 aromatic heterocycles. The number of thioether (sulfide) groups is 1. The molecule has 21 heavy (non-hydrogen) atoms. The van der Waals surface area contributed by atoms with Crippen LogP contribution in [0.4, 0.5) is 4.79 Å². The van der Waals surface area contributed by atoms with Gasteiger partial charge in [-0.05, 0) is 38.0 Å². The second-order valence-corrected chi connectivity index (χ2v) is 7.37. The highest BCUT2D eigenvalue weighted by atomic mass is 32.2. The molecule has 1 saturated heterocycles. The van der Waals surface area contributed by atoms with Crippen LogP contribution >= 0.6 is 11.8 Å². The van der Waals surface area contributed by atoms with Gasteiger partial charge in [0.1, 0.15) is 6.04 Å². The molecule has 2 amide bonds. The summed E-state index contributed by atoms with van der Waals surface area (Å²) in [5.74, 6) is 0.0374. The number of carbonyl (C=O) groups excluding carboxylic acids is 1. The molecule has 1 aliphatic heterocycles. The van der Waals surface area contributed by atoms with Crippen molar-refractivity contribution in [3.05, 3.63) is 0 Å². The average Bonchev–Trinajstić information content (AvgIpc) is 3.16. The van der Waals surface area contributed by atoms with E-state index in [-0.39, 0.29) is 17.0 Å². The SMILES string of the molecule is COC1(CNC(=O)N2C(C(=O)O)CSC2C2CC2)CCC1. The Kier molecular flexibility index (Phi) is 4.05. The molecule has 2 atom stereocenters. The van der Waals surface area contributed by atoms with Gasteiger partial charge in [-0.3, -0.25) is 4.90 Å². The van der Waals surface area contributed by atoms with Crippen LogP contribution in [-0.2, 0) is 9.53 Å². The third kappa shape index (κ3) is 2.85. The van der Waals surface area contributed by atoms with Crippen molar-refractivity contribution in [3.8, 4) is 0 Å². The summed E-state index contributed by atoms with van der Waals surface area (Å²) in [5.41, 5.74) is -0.240. The number of rotatable bonds is 5. The molecular weight excluding hydrogens is 292 g/mol. The Morgan fingerprint density at radius 1 is 1.43 bits per heavy atom. The summed E-state index contributed by atoms with van der Waals surface area (Å²) in [6, 6.07) is -0.965. The first kappa shape index (κ1) is 15.0. The quantitative estimate of drug-likeness (QED) is 0.804. The van der Waals surface area contributed by atoms with Crippen molar-refractivity contribution in [2.24, 2.45) is 5.92 Å². The predicted molar refractivity (Wildman–Crippen MR) is 79.2 cm³/mol. The van der Waals surface area contributed by atoms with Gasteiger partial charge >= 0.3 is 12.0 Å². The molecule has 1 heterocycles. The van der Waals surface area contributed by atoms with E-state index in [1.807, 2.05) is 0 Å². The van der Waals surface area contributed by atoms with E-state index >= 15 is 0 Å². The standard InChI is InChI=1S/C14H22N2O4S/c1-20-14(5-2-6-14)8-15-13(19)16-10(12(17)18)7-21-11(16)9-3-4-9/h9-11H,2-8H2,1H3,(H,15,19)(H,17,18). The van der Waals surface area contributed by atoms with Gasteiger partial charge in [-0.1, -0.05) is 0 Å². The molecule has 3 rings (SSSR count). The number of carbonyl (C=O) groups is 2. The van der Waals surface area contributed by atoms with Gasteiger partial charge in [0.05, 0.1) is 11.0 Å². The number of hydrogen-bond donors (Lipinski definition) is 2. The van der Waals surface area contributed by atoms with E-state index in [9.17, 15) is 14.7 Å². The minimum absolute atomic E-state index is 0.0194. The molecule has 3 aliphatic rings. The molecule has 2 N–H and O–H groups in total. The summed E-state index contributed by atoms with van der Waals surface area (Å²) < 4.78 is 5.49. The summed E-state index contributed by atoms with van der Waals surface area (Å²) in [7, 11) is 1.67. The lowest BCUT2D eigenvalue weighted by molar-refractivity contribution is -0.141. The molecule has 0 aromatic rings. The number of methoxy groups -OCH3 is 1. The number of hydrogen-bond acceptors (Lipinski definition) is 4. The summed E-state index contributed by atoms with van der Waals surface area (Å²) in [5, 5.41) is 12.2. The van der Waals surface area contributed by atoms with Crippen molar-refractivity contribution < 1.29 is 19.4 Å². The molecule has 0 aromatic carbocycles. The molecule has 0 radical (unpaired) electrons. The van der Waals surface area contributed by atoms with Crippen LogP contribution < -0.4 is 5.32 Å². The smallest absolute Gasteiger partial charge is 0.327 e. The summed E-state index contributed by atoms with van der Waals surface area (Å²) >= 11 is 1.60. The van der Waals surface area contributed by atoms with Gasteiger partial charge in [-0.2, -0.15) is 0 Å². The number of amides is 2. The molecule has 2 aliphatic carbocycles. The number of carboxylic acids is 1. The lowest BCUT2D eigenvalue weighted by Gasteiger charge is -2.41. The van der Waals surface area contributed by atoms with Crippen LogP contribution in [0.5, 0.6) is 0 Å². The van der Waals surface area contributed by atoms with E-state index < -0.39 is 12.0 Å². The van der Waals surface area contributed by atoms with Crippen molar-refractivity contribution in [1.82, 2.24) is 10.2 Å². The molecule has 2 unspecified atom stereocenters. The summed E-state index contributed by atoms with van der Waals surface area (Å²) in [4.78, 5) is 25.4. The van der Waals surface area contributed by atoms with Gasteiger partial charge in [-0.25, -0.2) is 9.59 Å². The van der Waals surface area contributed by atoms with E-state index in [0.29, 0.717) is 18.2 Å². The molecular formula is C14H22N2O4S. The second-order valence-electron chi connectivity index (χ2n) is 6.22. The van der Waals surface area contributed by atoms with Crippen molar-refractivity contribution in [1.29, 1.82) is 0 Å². The van der Waals surface area contributed by atoms with Gasteiger partial charge in [0.25, 0.3) is 0 Å². The van der Waals surface area contributed by atoms with Crippen molar-refractivity contribution in [3.63, 3.8) is 0 Å². The Bertz CT molecular complexity index is 431. The molecule has 2 saturated carbocycles. The lowest BCUT2D eigenvalue weighted by Crippen LogP contribution is -2.55. The van der Waals surface area contributed by atoms with Crippen LogP contribution in [0.2, 0.25) is 0 Å². The first-order valence-corrected chi connectivity index (χ1v) is 8.57. The van der Waals surface area contributed by atoms with E-state index in [0.717, 1.165) is 32.1 Å². The zero-order valence-corrected chi connectivity index (χ0v) is 13.0. The van der Waals surface area contributed by atoms with Gasteiger partial charge < -0.3 is 15.2 Å². The van der Waals surface area contributed by atoms with Crippen LogP contribution in [0.25, 0.3) is 0 Å². The monoisotopic (exact) mass is 314 g/mol. The second kappa shape index (κ2) is 5.68. The summed E-state index contributed by atoms with van der Waals surface area (Å²) in [6.07, 6.45) is 5.21. The van der Waals surface area contributed by atoms with E-state index in [1.165, 1.54) is 0 Å². The highest BCUT2D eigenvalue weighted by Crippen LogP contribution is 2.45. The minimum atomic E-state index is -0.911. The number of ether oxygens (including phenoxy) is 1. The van der Waals surface area contributed by atoms with Crippen molar-refractivity contribution in [2.45, 2.75) is 49.1 Å². The topological polar surface area (TPSA) is 78.9 Å².